The maximum Gasteiger partial charge on any atom is 0.130 e. The van der Waals surface area contributed by atoms with Gasteiger partial charge >= 0.3 is 0 Å². The van der Waals surface area contributed by atoms with Crippen molar-refractivity contribution in [1.29, 1.82) is 0 Å². The van der Waals surface area contributed by atoms with E-state index in [1.165, 1.54) is 12.0 Å². The van der Waals surface area contributed by atoms with E-state index >= 15 is 0 Å². The molecule has 1 heterocycles. The predicted molar refractivity (Wildman–Crippen MR) is 70.9 cm³/mol. The second-order valence-electron chi connectivity index (χ2n) is 4.23. The zero-order valence-electron chi connectivity index (χ0n) is 9.18. The predicted octanol–water partition coefficient (Wildman–Crippen LogP) is 3.21. The topological polar surface area (TPSA) is 37.8 Å². The number of hydrogen-bond donors (Lipinski definition) is 1. The minimum Gasteiger partial charge on any atom is -0.367 e. The molecule has 1 saturated carbocycles. The van der Waals surface area contributed by atoms with Crippen LogP contribution < -0.4 is 5.32 Å². The molecule has 17 heavy (non-hydrogen) atoms. The van der Waals surface area contributed by atoms with Crippen LogP contribution in [0.2, 0.25) is 0 Å². The van der Waals surface area contributed by atoms with Gasteiger partial charge in [-0.3, -0.25) is 0 Å². The van der Waals surface area contributed by atoms with Crippen LogP contribution in [0.3, 0.4) is 0 Å². The first-order valence-electron chi connectivity index (χ1n) is 5.62. The van der Waals surface area contributed by atoms with Crippen molar-refractivity contribution in [3.63, 3.8) is 0 Å². The van der Waals surface area contributed by atoms with Crippen LogP contribution in [0, 0.1) is 0 Å². The van der Waals surface area contributed by atoms with Gasteiger partial charge < -0.3 is 5.32 Å². The fraction of sp³-hybridized carbons (Fsp3) is 0.231. The summed E-state index contributed by atoms with van der Waals surface area (Å²) in [5.41, 5.74) is 1.40. The van der Waals surface area contributed by atoms with E-state index in [0.717, 1.165) is 10.4 Å². The van der Waals surface area contributed by atoms with Gasteiger partial charge in [0.1, 0.15) is 16.7 Å². The summed E-state index contributed by atoms with van der Waals surface area (Å²) < 4.78 is 0.812. The van der Waals surface area contributed by atoms with Crippen molar-refractivity contribution in [2.24, 2.45) is 0 Å². The van der Waals surface area contributed by atoms with Crippen molar-refractivity contribution < 1.29 is 0 Å². The highest BCUT2D eigenvalue weighted by Crippen LogP contribution is 2.42. The van der Waals surface area contributed by atoms with Gasteiger partial charge in [0.25, 0.3) is 0 Å². The summed E-state index contributed by atoms with van der Waals surface area (Å²) in [6.45, 7) is 0. The van der Waals surface area contributed by atoms with Gasteiger partial charge in [0.05, 0.1) is 0 Å². The van der Waals surface area contributed by atoms with Crippen LogP contribution in [0.1, 0.15) is 17.9 Å². The van der Waals surface area contributed by atoms with Crippen molar-refractivity contribution in [2.75, 3.05) is 5.32 Å². The molecule has 0 aliphatic heterocycles. The number of anilines is 1. The summed E-state index contributed by atoms with van der Waals surface area (Å²) in [6, 6.07) is 13.0. The molecule has 1 aliphatic carbocycles. The standard InChI is InChI=1S/C13H12BrN3/c14-12-7-13(16-8-15-12)17-11-6-10(11)9-4-2-1-3-5-9/h1-5,7-8,10-11H,6H2,(H,15,16,17). The molecular formula is C13H12BrN3. The van der Waals surface area contributed by atoms with Gasteiger partial charge in [0, 0.05) is 18.0 Å². The van der Waals surface area contributed by atoms with Gasteiger partial charge in [0.15, 0.2) is 0 Å². The van der Waals surface area contributed by atoms with Gasteiger partial charge in [-0.15, -0.1) is 0 Å². The molecule has 0 amide bonds. The smallest absolute Gasteiger partial charge is 0.130 e. The lowest BCUT2D eigenvalue weighted by Gasteiger charge is -2.04. The fourth-order valence-corrected chi connectivity index (χ4v) is 2.33. The Balaban J connectivity index is 1.66. The lowest BCUT2D eigenvalue weighted by molar-refractivity contribution is 1.02. The van der Waals surface area contributed by atoms with E-state index in [1.807, 2.05) is 6.07 Å². The number of hydrogen-bond acceptors (Lipinski definition) is 3. The first-order valence-corrected chi connectivity index (χ1v) is 6.41. The number of halogens is 1. The van der Waals surface area contributed by atoms with Crippen molar-refractivity contribution in [3.8, 4) is 0 Å². The zero-order chi connectivity index (χ0) is 11.7. The van der Waals surface area contributed by atoms with E-state index in [1.54, 1.807) is 6.33 Å². The summed E-state index contributed by atoms with van der Waals surface area (Å²) in [4.78, 5) is 8.21. The zero-order valence-corrected chi connectivity index (χ0v) is 10.8. The Labute approximate surface area is 108 Å². The largest absolute Gasteiger partial charge is 0.367 e. The second kappa shape index (κ2) is 4.45. The Morgan fingerprint density at radius 1 is 1.18 bits per heavy atom. The molecule has 1 aliphatic rings. The van der Waals surface area contributed by atoms with Crippen LogP contribution in [-0.4, -0.2) is 16.0 Å². The van der Waals surface area contributed by atoms with E-state index in [-0.39, 0.29) is 0 Å². The van der Waals surface area contributed by atoms with Crippen molar-refractivity contribution >= 4 is 21.7 Å². The van der Waals surface area contributed by atoms with E-state index < -0.39 is 0 Å². The number of nitrogens with zero attached hydrogens (tertiary/aromatic N) is 2. The Morgan fingerprint density at radius 2 is 2.00 bits per heavy atom. The van der Waals surface area contributed by atoms with E-state index in [9.17, 15) is 0 Å². The number of rotatable bonds is 3. The van der Waals surface area contributed by atoms with Gasteiger partial charge in [-0.05, 0) is 27.9 Å². The lowest BCUT2D eigenvalue weighted by atomic mass is 10.1. The number of nitrogens with one attached hydrogen (secondary N) is 1. The summed E-state index contributed by atoms with van der Waals surface area (Å²) in [6.07, 6.45) is 2.73. The van der Waals surface area contributed by atoms with E-state index in [0.29, 0.717) is 12.0 Å². The van der Waals surface area contributed by atoms with E-state index in [4.69, 9.17) is 0 Å². The summed E-state index contributed by atoms with van der Waals surface area (Å²) in [5.74, 6) is 1.50. The van der Waals surface area contributed by atoms with Gasteiger partial charge in [-0.1, -0.05) is 30.3 Å². The molecule has 1 fully saturated rings. The maximum atomic E-state index is 4.20. The molecule has 2 unspecified atom stereocenters. The van der Waals surface area contributed by atoms with Crippen LogP contribution in [-0.2, 0) is 0 Å². The van der Waals surface area contributed by atoms with Crippen molar-refractivity contribution in [3.05, 3.63) is 52.9 Å². The van der Waals surface area contributed by atoms with Crippen LogP contribution in [0.25, 0.3) is 0 Å². The monoisotopic (exact) mass is 289 g/mol. The van der Waals surface area contributed by atoms with Crippen LogP contribution in [0.4, 0.5) is 5.82 Å². The lowest BCUT2D eigenvalue weighted by Crippen LogP contribution is -2.05. The Bertz CT molecular complexity index is 515. The summed E-state index contributed by atoms with van der Waals surface area (Å²) >= 11 is 3.34. The highest BCUT2D eigenvalue weighted by Gasteiger charge is 2.38. The summed E-state index contributed by atoms with van der Waals surface area (Å²) in [7, 11) is 0. The number of aromatic nitrogens is 2. The SMILES string of the molecule is Brc1cc(NC2CC2c2ccccc2)ncn1. The molecule has 0 radical (unpaired) electrons. The highest BCUT2D eigenvalue weighted by molar-refractivity contribution is 9.10. The normalized spacial score (nSPS) is 22.2. The molecule has 0 saturated heterocycles. The third-order valence-electron chi connectivity index (χ3n) is 2.99. The van der Waals surface area contributed by atoms with Crippen LogP contribution in [0.15, 0.2) is 47.3 Å². The van der Waals surface area contributed by atoms with Gasteiger partial charge in [-0.2, -0.15) is 0 Å². The minimum atomic E-state index is 0.499. The molecule has 3 rings (SSSR count). The average molecular weight is 290 g/mol. The van der Waals surface area contributed by atoms with Crippen LogP contribution in [0.5, 0.6) is 0 Å². The fourth-order valence-electron chi connectivity index (χ4n) is 2.03. The molecule has 1 aromatic heterocycles. The number of benzene rings is 1. The molecule has 2 atom stereocenters. The molecule has 1 N–H and O–H groups in total. The van der Waals surface area contributed by atoms with Crippen molar-refractivity contribution in [1.82, 2.24) is 9.97 Å². The third kappa shape index (κ3) is 2.47. The second-order valence-corrected chi connectivity index (χ2v) is 5.04. The molecule has 1 aromatic carbocycles. The molecule has 86 valence electrons. The first kappa shape index (κ1) is 10.7. The Kier molecular flexibility index (Phi) is 2.81. The average Bonchev–Trinajstić information content (AvgIpc) is 3.10. The van der Waals surface area contributed by atoms with Crippen molar-refractivity contribution in [2.45, 2.75) is 18.4 Å². The molecular weight excluding hydrogens is 278 g/mol. The summed E-state index contributed by atoms with van der Waals surface area (Å²) in [5, 5.41) is 3.42. The quantitative estimate of drug-likeness (QED) is 0.882. The maximum absolute atomic E-state index is 4.20. The van der Waals surface area contributed by atoms with Gasteiger partial charge in [-0.25, -0.2) is 9.97 Å². The molecule has 0 bridgehead atoms. The molecule has 2 aromatic rings. The Morgan fingerprint density at radius 3 is 2.76 bits per heavy atom. The van der Waals surface area contributed by atoms with E-state index in [2.05, 4.69) is 61.5 Å². The molecule has 3 nitrogen and oxygen atoms in total. The highest BCUT2D eigenvalue weighted by atomic mass is 79.9. The molecule has 4 heteroatoms. The third-order valence-corrected chi connectivity index (χ3v) is 3.42. The minimum absolute atomic E-state index is 0.499. The van der Waals surface area contributed by atoms with Crippen LogP contribution >= 0.6 is 15.9 Å². The molecule has 0 spiro atoms. The Hall–Kier alpha value is -1.42. The van der Waals surface area contributed by atoms with Gasteiger partial charge in [0.2, 0.25) is 0 Å². The first-order chi connectivity index (χ1) is 8.33.